The Labute approximate surface area is 121 Å². The van der Waals surface area contributed by atoms with Crippen LogP contribution in [0.1, 0.15) is 18.9 Å². The van der Waals surface area contributed by atoms with Gasteiger partial charge in [-0.25, -0.2) is 10.2 Å². The Balaban J connectivity index is 2.25. The fourth-order valence-corrected chi connectivity index (χ4v) is 1.53. The van der Waals surface area contributed by atoms with Crippen LogP contribution in [0.4, 0.5) is 10.3 Å². The van der Waals surface area contributed by atoms with Crippen LogP contribution in [0.15, 0.2) is 18.2 Å². The number of nitrogens with zero attached hydrogens (tertiary/aromatic N) is 3. The first-order chi connectivity index (χ1) is 10.1. The summed E-state index contributed by atoms with van der Waals surface area (Å²) in [4.78, 5) is 11.9. The third-order valence-corrected chi connectivity index (χ3v) is 2.50. The van der Waals surface area contributed by atoms with E-state index in [1.165, 1.54) is 18.2 Å². The highest BCUT2D eigenvalue weighted by atomic mass is 19.1. The van der Waals surface area contributed by atoms with E-state index in [2.05, 4.69) is 20.4 Å². The summed E-state index contributed by atoms with van der Waals surface area (Å²) in [6.45, 7) is 4.14. The number of ether oxygens (including phenoxy) is 2. The first-order valence-electron chi connectivity index (χ1n) is 6.42. The van der Waals surface area contributed by atoms with E-state index in [4.69, 9.17) is 15.3 Å². The predicted octanol–water partition coefficient (Wildman–Crippen LogP) is 2.19. The van der Waals surface area contributed by atoms with Crippen LogP contribution in [0, 0.1) is 12.7 Å². The molecule has 7 nitrogen and oxygen atoms in total. The molecular formula is C13H16FN5O2. The molecule has 1 heterocycles. The molecule has 0 saturated heterocycles. The minimum atomic E-state index is -0.341. The molecule has 0 aliphatic carbocycles. The Hall–Kier alpha value is -2.48. The number of aromatic nitrogens is 3. The molecule has 3 N–H and O–H groups in total. The van der Waals surface area contributed by atoms with E-state index in [1.807, 2.05) is 6.92 Å². The Morgan fingerprint density at radius 2 is 2.00 bits per heavy atom. The third-order valence-electron chi connectivity index (χ3n) is 2.50. The number of hydrogen-bond donors (Lipinski definition) is 2. The SMILES string of the molecule is CCCOc1nc(NN)nc(Oc2ccc(F)cc2C)n1. The van der Waals surface area contributed by atoms with Crippen molar-refractivity contribution in [2.24, 2.45) is 5.84 Å². The van der Waals surface area contributed by atoms with E-state index >= 15 is 0 Å². The van der Waals surface area contributed by atoms with Crippen LogP contribution in [0.5, 0.6) is 17.8 Å². The molecule has 0 atom stereocenters. The molecule has 0 amide bonds. The van der Waals surface area contributed by atoms with Gasteiger partial charge in [-0.15, -0.1) is 4.98 Å². The predicted molar refractivity (Wildman–Crippen MR) is 74.6 cm³/mol. The molecule has 112 valence electrons. The smallest absolute Gasteiger partial charge is 0.330 e. The lowest BCUT2D eigenvalue weighted by Gasteiger charge is -2.09. The number of hydrazine groups is 1. The molecule has 0 aliphatic heterocycles. The van der Waals surface area contributed by atoms with Crippen molar-refractivity contribution in [2.75, 3.05) is 12.0 Å². The summed E-state index contributed by atoms with van der Waals surface area (Å²) >= 11 is 0. The van der Waals surface area contributed by atoms with Crippen LogP contribution in [-0.2, 0) is 0 Å². The second-order valence-electron chi connectivity index (χ2n) is 4.23. The monoisotopic (exact) mass is 293 g/mol. The Kier molecular flexibility index (Phi) is 4.83. The van der Waals surface area contributed by atoms with E-state index < -0.39 is 0 Å². The van der Waals surface area contributed by atoms with Crippen LogP contribution in [0.3, 0.4) is 0 Å². The van der Waals surface area contributed by atoms with Gasteiger partial charge in [0.2, 0.25) is 5.95 Å². The average molecular weight is 293 g/mol. The van der Waals surface area contributed by atoms with Gasteiger partial charge in [-0.2, -0.15) is 9.97 Å². The molecule has 0 unspecified atom stereocenters. The molecule has 2 aromatic rings. The highest BCUT2D eigenvalue weighted by molar-refractivity contribution is 5.35. The summed E-state index contributed by atoms with van der Waals surface area (Å²) in [5.74, 6) is 5.51. The van der Waals surface area contributed by atoms with Gasteiger partial charge in [0.1, 0.15) is 11.6 Å². The van der Waals surface area contributed by atoms with Crippen molar-refractivity contribution < 1.29 is 13.9 Å². The lowest BCUT2D eigenvalue weighted by Crippen LogP contribution is -2.13. The van der Waals surface area contributed by atoms with Crippen molar-refractivity contribution in [3.8, 4) is 17.8 Å². The van der Waals surface area contributed by atoms with Gasteiger partial charge in [-0.1, -0.05) is 6.92 Å². The second kappa shape index (κ2) is 6.80. The van der Waals surface area contributed by atoms with Crippen LogP contribution < -0.4 is 20.7 Å². The summed E-state index contributed by atoms with van der Waals surface area (Å²) in [5.41, 5.74) is 2.93. The number of nitrogen functional groups attached to an aromatic ring is 1. The maximum atomic E-state index is 13.1. The number of hydrogen-bond acceptors (Lipinski definition) is 7. The topological polar surface area (TPSA) is 95.2 Å². The Bertz CT molecular complexity index is 624. The number of benzene rings is 1. The summed E-state index contributed by atoms with van der Waals surface area (Å²) in [5, 5.41) is 0. The van der Waals surface area contributed by atoms with Gasteiger partial charge >= 0.3 is 12.0 Å². The maximum Gasteiger partial charge on any atom is 0.330 e. The van der Waals surface area contributed by atoms with Gasteiger partial charge in [-0.3, -0.25) is 5.43 Å². The van der Waals surface area contributed by atoms with E-state index in [-0.39, 0.29) is 23.8 Å². The lowest BCUT2D eigenvalue weighted by atomic mass is 10.2. The molecule has 0 saturated carbocycles. The van der Waals surface area contributed by atoms with Crippen LogP contribution >= 0.6 is 0 Å². The van der Waals surface area contributed by atoms with Gasteiger partial charge in [0, 0.05) is 0 Å². The third kappa shape index (κ3) is 3.99. The van der Waals surface area contributed by atoms with Crippen molar-refractivity contribution in [1.82, 2.24) is 15.0 Å². The number of aryl methyl sites for hydroxylation is 1. The summed E-state index contributed by atoms with van der Waals surface area (Å²) < 4.78 is 23.9. The molecule has 0 bridgehead atoms. The molecule has 2 rings (SSSR count). The number of nitrogens with two attached hydrogens (primary N) is 1. The first-order valence-corrected chi connectivity index (χ1v) is 6.42. The summed E-state index contributed by atoms with van der Waals surface area (Å²) in [6, 6.07) is 4.26. The van der Waals surface area contributed by atoms with Gasteiger partial charge in [0.25, 0.3) is 0 Å². The zero-order valence-electron chi connectivity index (χ0n) is 11.8. The number of nitrogens with one attached hydrogen (secondary N) is 1. The number of anilines is 1. The van der Waals surface area contributed by atoms with E-state index in [1.54, 1.807) is 6.92 Å². The van der Waals surface area contributed by atoms with Gasteiger partial charge in [0.05, 0.1) is 6.61 Å². The summed E-state index contributed by atoms with van der Waals surface area (Å²) in [6.07, 6.45) is 0.810. The van der Waals surface area contributed by atoms with Crippen molar-refractivity contribution in [3.63, 3.8) is 0 Å². The van der Waals surface area contributed by atoms with E-state index in [0.717, 1.165) is 6.42 Å². The molecule has 0 aliphatic rings. The Morgan fingerprint density at radius 1 is 1.24 bits per heavy atom. The van der Waals surface area contributed by atoms with Gasteiger partial charge in [-0.05, 0) is 37.1 Å². The molecule has 0 spiro atoms. The summed E-state index contributed by atoms with van der Waals surface area (Å²) in [7, 11) is 0. The Morgan fingerprint density at radius 3 is 2.67 bits per heavy atom. The standard InChI is InChI=1S/C13H16FN5O2/c1-3-6-20-12-16-11(19-15)17-13(18-12)21-10-5-4-9(14)7-8(10)2/h4-5,7H,3,6,15H2,1-2H3,(H,16,17,18,19). The molecular weight excluding hydrogens is 277 g/mol. The molecule has 0 fully saturated rings. The van der Waals surface area contributed by atoms with Crippen molar-refractivity contribution in [1.29, 1.82) is 0 Å². The molecule has 8 heteroatoms. The largest absolute Gasteiger partial charge is 0.463 e. The zero-order valence-corrected chi connectivity index (χ0v) is 11.8. The molecule has 21 heavy (non-hydrogen) atoms. The van der Waals surface area contributed by atoms with Crippen molar-refractivity contribution in [3.05, 3.63) is 29.6 Å². The molecule has 0 radical (unpaired) electrons. The quantitative estimate of drug-likeness (QED) is 0.622. The highest BCUT2D eigenvalue weighted by Gasteiger charge is 2.10. The molecule has 1 aromatic heterocycles. The van der Waals surface area contributed by atoms with Crippen LogP contribution in [0.2, 0.25) is 0 Å². The fraction of sp³-hybridized carbons (Fsp3) is 0.308. The zero-order chi connectivity index (χ0) is 15.2. The van der Waals surface area contributed by atoms with Gasteiger partial charge in [0.15, 0.2) is 0 Å². The minimum absolute atomic E-state index is 0.0127. The molecule has 1 aromatic carbocycles. The van der Waals surface area contributed by atoms with Crippen LogP contribution in [0.25, 0.3) is 0 Å². The highest BCUT2D eigenvalue weighted by Crippen LogP contribution is 2.24. The number of rotatable bonds is 6. The normalized spacial score (nSPS) is 10.3. The average Bonchev–Trinajstić information content (AvgIpc) is 2.48. The van der Waals surface area contributed by atoms with E-state index in [0.29, 0.717) is 17.9 Å². The number of halogens is 1. The maximum absolute atomic E-state index is 13.1. The second-order valence-corrected chi connectivity index (χ2v) is 4.23. The van der Waals surface area contributed by atoms with Crippen LogP contribution in [-0.4, -0.2) is 21.6 Å². The fourth-order valence-electron chi connectivity index (χ4n) is 1.53. The minimum Gasteiger partial charge on any atom is -0.463 e. The van der Waals surface area contributed by atoms with E-state index in [9.17, 15) is 4.39 Å². The van der Waals surface area contributed by atoms with Crippen molar-refractivity contribution in [2.45, 2.75) is 20.3 Å². The van der Waals surface area contributed by atoms with Crippen molar-refractivity contribution >= 4 is 5.95 Å². The first kappa shape index (κ1) is 14.9. The lowest BCUT2D eigenvalue weighted by molar-refractivity contribution is 0.285. The van der Waals surface area contributed by atoms with Gasteiger partial charge < -0.3 is 9.47 Å².